The van der Waals surface area contributed by atoms with E-state index in [1.165, 1.54) is 4.90 Å². The Morgan fingerprint density at radius 3 is 2.65 bits per heavy atom. The fraction of sp³-hybridized carbons (Fsp3) is 0.800. The van der Waals surface area contributed by atoms with E-state index in [0.29, 0.717) is 39.0 Å². The maximum absolute atomic E-state index is 10.8. The standard InChI is InChI=1S/C10H17N3O4/c11-8(12-16)7-5-10(17-6-7)1-3-13(4-2-10)9(14)15/h7,16H,1-6H2,(H2,11,12)(H,14,15)/t7-/m1/s1. The van der Waals surface area contributed by atoms with Crippen molar-refractivity contribution in [3.05, 3.63) is 0 Å². The molecule has 2 aliphatic rings. The lowest BCUT2D eigenvalue weighted by Gasteiger charge is -2.37. The molecule has 0 radical (unpaired) electrons. The van der Waals surface area contributed by atoms with E-state index in [-0.39, 0.29) is 17.4 Å². The van der Waals surface area contributed by atoms with E-state index >= 15 is 0 Å². The molecule has 1 amide bonds. The molecule has 0 unspecified atom stereocenters. The van der Waals surface area contributed by atoms with Crippen LogP contribution in [0.4, 0.5) is 4.79 Å². The summed E-state index contributed by atoms with van der Waals surface area (Å²) in [6.45, 7) is 1.42. The van der Waals surface area contributed by atoms with Gasteiger partial charge < -0.3 is 25.7 Å². The monoisotopic (exact) mass is 243 g/mol. The average molecular weight is 243 g/mol. The second kappa shape index (κ2) is 4.40. The Bertz CT molecular complexity index is 336. The van der Waals surface area contributed by atoms with Crippen LogP contribution >= 0.6 is 0 Å². The van der Waals surface area contributed by atoms with Crippen molar-refractivity contribution in [3.63, 3.8) is 0 Å². The van der Waals surface area contributed by atoms with Crippen LogP contribution in [0.25, 0.3) is 0 Å². The van der Waals surface area contributed by atoms with Crippen molar-refractivity contribution in [1.29, 1.82) is 0 Å². The van der Waals surface area contributed by atoms with E-state index in [4.69, 9.17) is 20.8 Å². The van der Waals surface area contributed by atoms with Gasteiger partial charge in [0.25, 0.3) is 0 Å². The van der Waals surface area contributed by atoms with E-state index in [2.05, 4.69) is 5.16 Å². The molecule has 0 aliphatic carbocycles. The number of carboxylic acid groups (broad SMARTS) is 1. The zero-order valence-corrected chi connectivity index (χ0v) is 9.50. The number of nitrogens with zero attached hydrogens (tertiary/aromatic N) is 2. The van der Waals surface area contributed by atoms with Gasteiger partial charge in [0.1, 0.15) is 5.84 Å². The van der Waals surface area contributed by atoms with Crippen LogP contribution in [0.1, 0.15) is 19.3 Å². The van der Waals surface area contributed by atoms with Gasteiger partial charge in [-0.2, -0.15) is 0 Å². The number of amidine groups is 1. The third kappa shape index (κ3) is 2.28. The van der Waals surface area contributed by atoms with Crippen molar-refractivity contribution in [3.8, 4) is 0 Å². The van der Waals surface area contributed by atoms with Gasteiger partial charge in [0, 0.05) is 19.0 Å². The minimum absolute atomic E-state index is 0.0589. The second-order valence-electron chi connectivity index (χ2n) is 4.69. The summed E-state index contributed by atoms with van der Waals surface area (Å²) in [5.41, 5.74) is 5.27. The zero-order chi connectivity index (χ0) is 12.5. The largest absolute Gasteiger partial charge is 0.465 e. The summed E-state index contributed by atoms with van der Waals surface area (Å²) in [6, 6.07) is 0. The molecular formula is C10H17N3O4. The van der Waals surface area contributed by atoms with Crippen molar-refractivity contribution in [2.24, 2.45) is 16.8 Å². The van der Waals surface area contributed by atoms with E-state index in [1.54, 1.807) is 0 Å². The predicted octanol–water partition coefficient (Wildman–Crippen LogP) is 0.282. The molecular weight excluding hydrogens is 226 g/mol. The lowest BCUT2D eigenvalue weighted by atomic mass is 9.85. The number of piperidine rings is 1. The van der Waals surface area contributed by atoms with E-state index in [9.17, 15) is 4.79 Å². The zero-order valence-electron chi connectivity index (χ0n) is 9.50. The summed E-state index contributed by atoms with van der Waals surface area (Å²) in [6.07, 6.45) is 1.17. The van der Waals surface area contributed by atoms with Gasteiger partial charge >= 0.3 is 6.09 Å². The Balaban J connectivity index is 1.94. The van der Waals surface area contributed by atoms with Crippen molar-refractivity contribution in [1.82, 2.24) is 4.90 Å². The first-order chi connectivity index (χ1) is 8.06. The Morgan fingerprint density at radius 1 is 1.47 bits per heavy atom. The minimum Gasteiger partial charge on any atom is -0.465 e. The van der Waals surface area contributed by atoms with E-state index < -0.39 is 6.09 Å². The molecule has 96 valence electrons. The van der Waals surface area contributed by atoms with E-state index in [1.807, 2.05) is 0 Å². The molecule has 2 heterocycles. The van der Waals surface area contributed by atoms with Crippen LogP contribution in [0.15, 0.2) is 5.16 Å². The lowest BCUT2D eigenvalue weighted by Crippen LogP contribution is -2.46. The molecule has 2 saturated heterocycles. The number of hydrogen-bond acceptors (Lipinski definition) is 4. The topological polar surface area (TPSA) is 108 Å². The molecule has 0 aromatic heterocycles. The van der Waals surface area contributed by atoms with Crippen LogP contribution in [0.3, 0.4) is 0 Å². The van der Waals surface area contributed by atoms with Crippen molar-refractivity contribution in [2.75, 3.05) is 19.7 Å². The number of nitrogens with two attached hydrogens (primary N) is 1. The molecule has 2 aliphatic heterocycles. The smallest absolute Gasteiger partial charge is 0.407 e. The van der Waals surface area contributed by atoms with Gasteiger partial charge in [0.05, 0.1) is 12.2 Å². The van der Waals surface area contributed by atoms with Gasteiger partial charge in [-0.1, -0.05) is 5.16 Å². The van der Waals surface area contributed by atoms with Crippen LogP contribution in [0.2, 0.25) is 0 Å². The quantitative estimate of drug-likeness (QED) is 0.265. The van der Waals surface area contributed by atoms with Gasteiger partial charge in [0.2, 0.25) is 0 Å². The van der Waals surface area contributed by atoms with Gasteiger partial charge in [-0.3, -0.25) is 0 Å². The first-order valence-corrected chi connectivity index (χ1v) is 5.65. The molecule has 0 saturated carbocycles. The number of oxime groups is 1. The highest BCUT2D eigenvalue weighted by molar-refractivity contribution is 5.82. The molecule has 1 spiro atoms. The van der Waals surface area contributed by atoms with Crippen LogP contribution in [-0.2, 0) is 4.74 Å². The second-order valence-corrected chi connectivity index (χ2v) is 4.69. The highest BCUT2D eigenvalue weighted by Crippen LogP contribution is 2.38. The highest BCUT2D eigenvalue weighted by atomic mass is 16.5. The number of carbonyl (C=O) groups is 1. The van der Waals surface area contributed by atoms with Gasteiger partial charge in [-0.15, -0.1) is 0 Å². The minimum atomic E-state index is -0.883. The fourth-order valence-corrected chi connectivity index (χ4v) is 2.57. The van der Waals surface area contributed by atoms with Crippen molar-refractivity contribution < 1.29 is 19.8 Å². The Hall–Kier alpha value is -1.50. The van der Waals surface area contributed by atoms with E-state index in [0.717, 1.165) is 0 Å². The highest BCUT2D eigenvalue weighted by Gasteiger charge is 2.44. The van der Waals surface area contributed by atoms with Crippen LogP contribution in [-0.4, -0.2) is 52.4 Å². The first kappa shape index (κ1) is 12.0. The van der Waals surface area contributed by atoms with Crippen LogP contribution < -0.4 is 5.73 Å². The van der Waals surface area contributed by atoms with Crippen LogP contribution in [0.5, 0.6) is 0 Å². The predicted molar refractivity (Wildman–Crippen MR) is 59.0 cm³/mol. The molecule has 17 heavy (non-hydrogen) atoms. The summed E-state index contributed by atoms with van der Waals surface area (Å²) in [7, 11) is 0. The fourth-order valence-electron chi connectivity index (χ4n) is 2.57. The Labute approximate surface area is 98.8 Å². The molecule has 0 aromatic carbocycles. The maximum Gasteiger partial charge on any atom is 0.407 e. The number of ether oxygens (including phenoxy) is 1. The number of rotatable bonds is 1. The Morgan fingerprint density at radius 2 is 2.12 bits per heavy atom. The molecule has 0 bridgehead atoms. The third-order valence-electron chi connectivity index (χ3n) is 3.69. The summed E-state index contributed by atoms with van der Waals surface area (Å²) >= 11 is 0. The molecule has 0 aromatic rings. The van der Waals surface area contributed by atoms with Gasteiger partial charge in [-0.25, -0.2) is 4.79 Å². The molecule has 1 atom stereocenters. The molecule has 4 N–H and O–H groups in total. The molecule has 7 heteroatoms. The molecule has 2 rings (SSSR count). The van der Waals surface area contributed by atoms with Gasteiger partial charge in [0.15, 0.2) is 0 Å². The van der Waals surface area contributed by atoms with Crippen LogP contribution in [0, 0.1) is 5.92 Å². The number of hydrogen-bond donors (Lipinski definition) is 3. The van der Waals surface area contributed by atoms with Gasteiger partial charge in [-0.05, 0) is 19.3 Å². The van der Waals surface area contributed by atoms with Crippen molar-refractivity contribution in [2.45, 2.75) is 24.9 Å². The lowest BCUT2D eigenvalue weighted by molar-refractivity contribution is -0.0394. The number of likely N-dealkylation sites (tertiary alicyclic amines) is 1. The summed E-state index contributed by atoms with van der Waals surface area (Å²) in [4.78, 5) is 12.2. The SMILES string of the molecule is NC(=NO)[C@H]1COC2(CCN(C(=O)O)CC2)C1. The molecule has 7 nitrogen and oxygen atoms in total. The van der Waals surface area contributed by atoms with Crippen molar-refractivity contribution >= 4 is 11.9 Å². The normalized spacial score (nSPS) is 28.6. The number of amides is 1. The summed E-state index contributed by atoms with van der Waals surface area (Å²) in [5.74, 6) is 0.138. The molecule has 2 fully saturated rings. The summed E-state index contributed by atoms with van der Waals surface area (Å²) < 4.78 is 5.75. The third-order valence-corrected chi connectivity index (χ3v) is 3.69. The average Bonchev–Trinajstić information content (AvgIpc) is 2.73. The first-order valence-electron chi connectivity index (χ1n) is 5.65. The maximum atomic E-state index is 10.8. The Kier molecular flexibility index (Phi) is 3.10. The summed E-state index contributed by atoms with van der Waals surface area (Å²) in [5, 5.41) is 20.5.